The predicted molar refractivity (Wildman–Crippen MR) is 101 cm³/mol. The quantitative estimate of drug-likeness (QED) is 0.559. The van der Waals surface area contributed by atoms with E-state index in [1.54, 1.807) is 13.0 Å². The molecule has 27 heavy (non-hydrogen) atoms. The lowest BCUT2D eigenvalue weighted by atomic mass is 10.0. The standard InChI is InChI=1S/C18H23N5O4/c1-11(2)8-13(10-19)20-18(25)17-16(24)9-12(3)22(21-17)14-6-4-5-7-15(14)23(26)27/h4-7,9,11,13H,8,10,19H2,1-3H3,(H,20,25). The van der Waals surface area contributed by atoms with Crippen molar-refractivity contribution in [3.8, 4) is 5.69 Å². The molecule has 2 aromatic rings. The number of nitrogens with zero attached hydrogens (tertiary/aromatic N) is 3. The summed E-state index contributed by atoms with van der Waals surface area (Å²) in [6, 6.07) is 6.94. The maximum Gasteiger partial charge on any atom is 0.294 e. The number of nitro benzene ring substituents is 1. The number of nitro groups is 1. The number of para-hydroxylation sites is 2. The van der Waals surface area contributed by atoms with Crippen LogP contribution in [-0.2, 0) is 0 Å². The third-order valence-electron chi connectivity index (χ3n) is 4.00. The Bertz CT molecular complexity index is 907. The van der Waals surface area contributed by atoms with Gasteiger partial charge in [-0.15, -0.1) is 0 Å². The summed E-state index contributed by atoms with van der Waals surface area (Å²) >= 11 is 0. The molecule has 144 valence electrons. The summed E-state index contributed by atoms with van der Waals surface area (Å²) in [4.78, 5) is 35.6. The van der Waals surface area contributed by atoms with Crippen LogP contribution in [0.4, 0.5) is 5.69 Å². The van der Waals surface area contributed by atoms with E-state index in [9.17, 15) is 19.7 Å². The van der Waals surface area contributed by atoms with E-state index in [0.29, 0.717) is 18.0 Å². The Labute approximate surface area is 156 Å². The Kier molecular flexibility index (Phi) is 6.40. The van der Waals surface area contributed by atoms with Crippen LogP contribution in [0.2, 0.25) is 0 Å². The Balaban J connectivity index is 2.46. The van der Waals surface area contributed by atoms with Crippen molar-refractivity contribution in [3.63, 3.8) is 0 Å². The number of hydrogen-bond donors (Lipinski definition) is 2. The normalized spacial score (nSPS) is 12.0. The fraction of sp³-hybridized carbons (Fsp3) is 0.389. The molecule has 1 aromatic carbocycles. The van der Waals surface area contributed by atoms with Crippen molar-refractivity contribution in [1.29, 1.82) is 0 Å². The highest BCUT2D eigenvalue weighted by Gasteiger charge is 2.21. The molecule has 2 rings (SSSR count). The molecule has 0 fully saturated rings. The van der Waals surface area contributed by atoms with E-state index in [0.717, 1.165) is 0 Å². The van der Waals surface area contributed by atoms with E-state index in [-0.39, 0.29) is 29.7 Å². The summed E-state index contributed by atoms with van der Waals surface area (Å²) in [7, 11) is 0. The monoisotopic (exact) mass is 373 g/mol. The van der Waals surface area contributed by atoms with E-state index >= 15 is 0 Å². The molecule has 1 amide bonds. The number of carbonyl (C=O) groups excluding carboxylic acids is 1. The molecule has 1 atom stereocenters. The van der Waals surface area contributed by atoms with Crippen LogP contribution in [0.3, 0.4) is 0 Å². The van der Waals surface area contributed by atoms with E-state index in [1.165, 1.54) is 28.9 Å². The van der Waals surface area contributed by atoms with E-state index < -0.39 is 16.3 Å². The first kappa shape index (κ1) is 20.2. The van der Waals surface area contributed by atoms with Gasteiger partial charge in [0.2, 0.25) is 5.43 Å². The number of amides is 1. The minimum atomic E-state index is -0.650. The molecule has 9 heteroatoms. The SMILES string of the molecule is Cc1cc(=O)c(C(=O)NC(CN)CC(C)C)nn1-c1ccccc1[N+](=O)[O-]. The lowest BCUT2D eigenvalue weighted by molar-refractivity contribution is -0.384. The Hall–Kier alpha value is -3.07. The van der Waals surface area contributed by atoms with Gasteiger partial charge in [-0.25, -0.2) is 4.68 Å². The average Bonchev–Trinajstić information content (AvgIpc) is 2.60. The molecule has 0 aliphatic carbocycles. The Morgan fingerprint density at radius 1 is 1.37 bits per heavy atom. The first-order chi connectivity index (χ1) is 12.7. The fourth-order valence-corrected chi connectivity index (χ4v) is 2.78. The molecule has 0 radical (unpaired) electrons. The van der Waals surface area contributed by atoms with Crippen molar-refractivity contribution in [2.75, 3.05) is 6.54 Å². The van der Waals surface area contributed by atoms with Gasteiger partial charge in [0.15, 0.2) is 5.69 Å². The first-order valence-corrected chi connectivity index (χ1v) is 8.60. The molecule has 1 aromatic heterocycles. The van der Waals surface area contributed by atoms with Gasteiger partial charge < -0.3 is 11.1 Å². The summed E-state index contributed by atoms with van der Waals surface area (Å²) < 4.78 is 1.23. The minimum absolute atomic E-state index is 0.173. The number of aryl methyl sites for hydroxylation is 1. The molecule has 0 aliphatic rings. The molecule has 0 spiro atoms. The summed E-state index contributed by atoms with van der Waals surface area (Å²) in [6.07, 6.45) is 0.659. The second-order valence-corrected chi connectivity index (χ2v) is 6.69. The number of nitrogens with one attached hydrogen (secondary N) is 1. The molecule has 0 bridgehead atoms. The van der Waals surface area contributed by atoms with Crippen LogP contribution in [0.15, 0.2) is 35.1 Å². The summed E-state index contributed by atoms with van der Waals surface area (Å²) in [5.41, 5.74) is 5.18. The number of carbonyl (C=O) groups is 1. The lowest BCUT2D eigenvalue weighted by Crippen LogP contribution is -2.43. The lowest BCUT2D eigenvalue weighted by Gasteiger charge is -2.19. The molecule has 3 N–H and O–H groups in total. The second-order valence-electron chi connectivity index (χ2n) is 6.69. The number of aromatic nitrogens is 2. The second kappa shape index (κ2) is 8.54. The van der Waals surface area contributed by atoms with Gasteiger partial charge in [-0.2, -0.15) is 5.10 Å². The van der Waals surface area contributed by atoms with Gasteiger partial charge >= 0.3 is 0 Å². The van der Waals surface area contributed by atoms with Gasteiger partial charge in [-0.3, -0.25) is 19.7 Å². The van der Waals surface area contributed by atoms with Crippen molar-refractivity contribution in [3.05, 3.63) is 62.1 Å². The molecule has 0 saturated carbocycles. The largest absolute Gasteiger partial charge is 0.347 e. The Morgan fingerprint density at radius 2 is 2.04 bits per heavy atom. The number of rotatable bonds is 7. The third-order valence-corrected chi connectivity index (χ3v) is 4.00. The van der Waals surface area contributed by atoms with Crippen molar-refractivity contribution in [1.82, 2.24) is 15.1 Å². The topological polar surface area (TPSA) is 133 Å². The molecule has 9 nitrogen and oxygen atoms in total. The third kappa shape index (κ3) is 4.76. The van der Waals surface area contributed by atoms with Crippen LogP contribution in [0.1, 0.15) is 36.5 Å². The molecular weight excluding hydrogens is 350 g/mol. The van der Waals surface area contributed by atoms with E-state index in [4.69, 9.17) is 5.73 Å². The van der Waals surface area contributed by atoms with Crippen LogP contribution in [0.5, 0.6) is 0 Å². The highest BCUT2D eigenvalue weighted by Crippen LogP contribution is 2.22. The average molecular weight is 373 g/mol. The van der Waals surface area contributed by atoms with Crippen LogP contribution in [0, 0.1) is 23.0 Å². The van der Waals surface area contributed by atoms with Crippen LogP contribution in [0.25, 0.3) is 5.69 Å². The van der Waals surface area contributed by atoms with Crippen LogP contribution >= 0.6 is 0 Å². The molecule has 1 unspecified atom stereocenters. The highest BCUT2D eigenvalue weighted by atomic mass is 16.6. The zero-order valence-electron chi connectivity index (χ0n) is 15.5. The van der Waals surface area contributed by atoms with Crippen molar-refractivity contribution >= 4 is 11.6 Å². The van der Waals surface area contributed by atoms with E-state index in [2.05, 4.69) is 10.4 Å². The number of benzene rings is 1. The number of hydrogen-bond acceptors (Lipinski definition) is 6. The smallest absolute Gasteiger partial charge is 0.294 e. The molecular formula is C18H23N5O4. The van der Waals surface area contributed by atoms with Gasteiger partial charge in [0.25, 0.3) is 11.6 Å². The fourth-order valence-electron chi connectivity index (χ4n) is 2.78. The molecule has 0 saturated heterocycles. The highest BCUT2D eigenvalue weighted by molar-refractivity contribution is 5.92. The maximum atomic E-state index is 12.6. The van der Waals surface area contributed by atoms with Gasteiger partial charge in [-0.05, 0) is 25.3 Å². The van der Waals surface area contributed by atoms with Crippen LogP contribution < -0.4 is 16.5 Å². The predicted octanol–water partition coefficient (Wildman–Crippen LogP) is 1.55. The zero-order chi connectivity index (χ0) is 20.1. The minimum Gasteiger partial charge on any atom is -0.347 e. The Morgan fingerprint density at radius 3 is 2.63 bits per heavy atom. The first-order valence-electron chi connectivity index (χ1n) is 8.60. The molecule has 0 aliphatic heterocycles. The van der Waals surface area contributed by atoms with Gasteiger partial charge in [0.05, 0.1) is 4.92 Å². The number of nitrogens with two attached hydrogens (primary N) is 1. The maximum absolute atomic E-state index is 12.6. The summed E-state index contributed by atoms with van der Waals surface area (Å²) in [5, 5.41) is 18.1. The molecule has 1 heterocycles. The van der Waals surface area contributed by atoms with Gasteiger partial charge in [0.1, 0.15) is 5.69 Å². The van der Waals surface area contributed by atoms with Gasteiger partial charge in [-0.1, -0.05) is 26.0 Å². The summed E-state index contributed by atoms with van der Waals surface area (Å²) in [5.74, 6) is -0.336. The zero-order valence-corrected chi connectivity index (χ0v) is 15.5. The van der Waals surface area contributed by atoms with Crippen molar-refractivity contribution in [2.24, 2.45) is 11.7 Å². The van der Waals surface area contributed by atoms with E-state index in [1.807, 2.05) is 13.8 Å². The van der Waals surface area contributed by atoms with Crippen LogP contribution in [-0.4, -0.2) is 33.2 Å². The summed E-state index contributed by atoms with van der Waals surface area (Å²) in [6.45, 7) is 5.82. The van der Waals surface area contributed by atoms with Gasteiger partial charge in [0, 0.05) is 30.4 Å². The van der Waals surface area contributed by atoms with Crippen molar-refractivity contribution < 1.29 is 9.72 Å². The van der Waals surface area contributed by atoms with Crippen molar-refractivity contribution in [2.45, 2.75) is 33.2 Å².